The molecule has 2 rings (SSSR count). The molecule has 0 amide bonds. The Balaban J connectivity index is 2.23. The van der Waals surface area contributed by atoms with Gasteiger partial charge in [-0.05, 0) is 64.7 Å². The molecule has 5 heteroatoms. The molecule has 1 aromatic carbocycles. The minimum Gasteiger partial charge on any atom is -0.492 e. The summed E-state index contributed by atoms with van der Waals surface area (Å²) in [5.74, 6) is 0.997. The van der Waals surface area contributed by atoms with Crippen LogP contribution >= 0.6 is 0 Å². The zero-order valence-electron chi connectivity index (χ0n) is 19.3. The van der Waals surface area contributed by atoms with Gasteiger partial charge < -0.3 is 18.6 Å². The van der Waals surface area contributed by atoms with E-state index in [1.54, 1.807) is 12.1 Å². The number of allylic oxidation sites excluding steroid dienone is 4. The van der Waals surface area contributed by atoms with Gasteiger partial charge in [0.2, 0.25) is 5.75 Å². The van der Waals surface area contributed by atoms with Crippen LogP contribution in [-0.4, -0.2) is 20.3 Å². The summed E-state index contributed by atoms with van der Waals surface area (Å²) in [6.07, 6.45) is 12.1. The zero-order valence-corrected chi connectivity index (χ0v) is 19.3. The molecule has 0 aliphatic rings. The summed E-state index contributed by atoms with van der Waals surface area (Å²) in [5.41, 5.74) is 2.44. The van der Waals surface area contributed by atoms with Crippen molar-refractivity contribution in [1.29, 1.82) is 0 Å². The highest BCUT2D eigenvalue weighted by Crippen LogP contribution is 2.38. The van der Waals surface area contributed by atoms with Crippen LogP contribution in [0, 0.1) is 0 Å². The molecule has 0 bridgehead atoms. The minimum atomic E-state index is -0.559. The number of hydrogen-bond acceptors (Lipinski definition) is 5. The normalized spacial score (nSPS) is 11.7. The van der Waals surface area contributed by atoms with E-state index in [4.69, 9.17) is 18.6 Å². The van der Waals surface area contributed by atoms with Crippen LogP contribution in [-0.2, 0) is 0 Å². The van der Waals surface area contributed by atoms with Crippen molar-refractivity contribution < 1.29 is 18.6 Å². The van der Waals surface area contributed by atoms with Gasteiger partial charge in [0.25, 0.3) is 0 Å². The standard InChI is InChI=1S/C26H34O5/c1-6-7-8-9-17-30-25-24(28-5)23-21(14-11-15-22(23)31-26(25)27)29-18-16-20(4)13-10-12-19(2)3/h7-8,11-12,14-16H,6,9-10,13,17-18H2,1-5H3. The summed E-state index contributed by atoms with van der Waals surface area (Å²) in [6.45, 7) is 9.16. The van der Waals surface area contributed by atoms with Gasteiger partial charge in [0.15, 0.2) is 5.75 Å². The number of fused-ring (bicyclic) bond motifs is 1. The first-order valence-electron chi connectivity index (χ1n) is 10.8. The van der Waals surface area contributed by atoms with Gasteiger partial charge in [-0.2, -0.15) is 0 Å². The van der Waals surface area contributed by atoms with Crippen molar-refractivity contribution in [2.24, 2.45) is 0 Å². The van der Waals surface area contributed by atoms with Gasteiger partial charge in [0, 0.05) is 0 Å². The third-order valence-corrected chi connectivity index (χ3v) is 4.71. The Kier molecular flexibility index (Phi) is 9.95. The van der Waals surface area contributed by atoms with E-state index in [2.05, 4.69) is 45.9 Å². The largest absolute Gasteiger partial charge is 0.492 e. The van der Waals surface area contributed by atoms with Crippen LogP contribution in [0.25, 0.3) is 11.0 Å². The number of benzene rings is 1. The van der Waals surface area contributed by atoms with Gasteiger partial charge in [-0.25, -0.2) is 4.79 Å². The third-order valence-electron chi connectivity index (χ3n) is 4.71. The van der Waals surface area contributed by atoms with Crippen LogP contribution in [0.2, 0.25) is 0 Å². The van der Waals surface area contributed by atoms with E-state index in [1.807, 2.05) is 12.1 Å². The summed E-state index contributed by atoms with van der Waals surface area (Å²) in [5, 5.41) is 0.597. The average Bonchev–Trinajstić information content (AvgIpc) is 2.73. The van der Waals surface area contributed by atoms with Crippen molar-refractivity contribution >= 4 is 11.0 Å². The van der Waals surface area contributed by atoms with Gasteiger partial charge in [-0.3, -0.25) is 0 Å². The second kappa shape index (κ2) is 12.7. The first-order chi connectivity index (χ1) is 15.0. The lowest BCUT2D eigenvalue weighted by Crippen LogP contribution is -2.10. The topological polar surface area (TPSA) is 57.9 Å². The molecule has 5 nitrogen and oxygen atoms in total. The van der Waals surface area contributed by atoms with Crippen molar-refractivity contribution in [2.45, 2.75) is 53.4 Å². The predicted molar refractivity (Wildman–Crippen MR) is 126 cm³/mol. The molecular weight excluding hydrogens is 392 g/mol. The summed E-state index contributed by atoms with van der Waals surface area (Å²) in [6, 6.07) is 5.35. The first-order valence-corrected chi connectivity index (χ1v) is 10.8. The van der Waals surface area contributed by atoms with Crippen LogP contribution in [0.15, 0.2) is 62.9 Å². The highest BCUT2D eigenvalue weighted by molar-refractivity contribution is 5.91. The quantitative estimate of drug-likeness (QED) is 0.217. The van der Waals surface area contributed by atoms with Crippen molar-refractivity contribution in [1.82, 2.24) is 0 Å². The van der Waals surface area contributed by atoms with Crippen LogP contribution in [0.3, 0.4) is 0 Å². The highest BCUT2D eigenvalue weighted by atomic mass is 16.5. The van der Waals surface area contributed by atoms with Crippen molar-refractivity contribution in [3.63, 3.8) is 0 Å². The molecule has 168 valence electrons. The van der Waals surface area contributed by atoms with Gasteiger partial charge in [-0.1, -0.05) is 42.4 Å². The Morgan fingerprint density at radius 2 is 1.84 bits per heavy atom. The number of ether oxygens (including phenoxy) is 3. The number of methoxy groups -OCH3 is 1. The van der Waals surface area contributed by atoms with Gasteiger partial charge >= 0.3 is 5.63 Å². The molecule has 0 atom stereocenters. The molecular formula is C26H34O5. The Labute approximate surface area is 185 Å². The SMILES string of the molecule is CCC=CCCOc1c(OC)c2c(OCC=C(C)CCC=C(C)C)cccc2oc1=O. The fraction of sp³-hybridized carbons (Fsp3) is 0.423. The van der Waals surface area contributed by atoms with Crippen LogP contribution in [0.1, 0.15) is 53.4 Å². The maximum absolute atomic E-state index is 12.5. The maximum atomic E-state index is 12.5. The lowest BCUT2D eigenvalue weighted by molar-refractivity contribution is 0.284. The minimum absolute atomic E-state index is 0.0735. The molecule has 0 aliphatic carbocycles. The fourth-order valence-electron chi connectivity index (χ4n) is 3.09. The van der Waals surface area contributed by atoms with E-state index in [9.17, 15) is 4.79 Å². The van der Waals surface area contributed by atoms with Crippen molar-refractivity contribution in [3.05, 3.63) is 64.1 Å². The molecule has 0 N–H and O–H groups in total. The van der Waals surface area contributed by atoms with Crippen molar-refractivity contribution in [3.8, 4) is 17.2 Å². The lowest BCUT2D eigenvalue weighted by atomic mass is 10.1. The molecule has 0 radical (unpaired) electrons. The maximum Gasteiger partial charge on any atom is 0.383 e. The summed E-state index contributed by atoms with van der Waals surface area (Å²) < 4.78 is 22.8. The van der Waals surface area contributed by atoms with E-state index in [0.717, 1.165) is 19.3 Å². The Bertz CT molecular complexity index is 991. The summed E-state index contributed by atoms with van der Waals surface area (Å²) in [4.78, 5) is 12.5. The molecule has 0 spiro atoms. The number of rotatable bonds is 12. The molecule has 0 aliphatic heterocycles. The smallest absolute Gasteiger partial charge is 0.383 e. The van der Waals surface area contributed by atoms with Crippen LogP contribution in [0.5, 0.6) is 17.2 Å². The second-order valence-electron chi connectivity index (χ2n) is 7.58. The zero-order chi connectivity index (χ0) is 22.6. The molecule has 0 saturated carbocycles. The Morgan fingerprint density at radius 1 is 1.03 bits per heavy atom. The van der Waals surface area contributed by atoms with Gasteiger partial charge in [-0.15, -0.1) is 0 Å². The molecule has 2 aromatic rings. The summed E-state index contributed by atoms with van der Waals surface area (Å²) >= 11 is 0. The average molecular weight is 427 g/mol. The van der Waals surface area contributed by atoms with Crippen LogP contribution < -0.4 is 19.8 Å². The highest BCUT2D eigenvalue weighted by Gasteiger charge is 2.20. The Morgan fingerprint density at radius 3 is 2.55 bits per heavy atom. The molecule has 0 saturated heterocycles. The number of hydrogen-bond donors (Lipinski definition) is 0. The van der Waals surface area contributed by atoms with E-state index in [-0.39, 0.29) is 5.75 Å². The van der Waals surface area contributed by atoms with E-state index in [0.29, 0.717) is 42.1 Å². The molecule has 0 unspecified atom stereocenters. The van der Waals surface area contributed by atoms with E-state index >= 15 is 0 Å². The molecule has 31 heavy (non-hydrogen) atoms. The predicted octanol–water partition coefficient (Wildman–Crippen LogP) is 6.61. The second-order valence-corrected chi connectivity index (χ2v) is 7.58. The molecule has 1 aromatic heterocycles. The fourth-order valence-corrected chi connectivity index (χ4v) is 3.09. The first kappa shape index (κ1) is 24.3. The van der Waals surface area contributed by atoms with E-state index < -0.39 is 5.63 Å². The van der Waals surface area contributed by atoms with E-state index in [1.165, 1.54) is 18.3 Å². The third kappa shape index (κ3) is 7.35. The lowest BCUT2D eigenvalue weighted by Gasteiger charge is -2.14. The molecule has 1 heterocycles. The van der Waals surface area contributed by atoms with Gasteiger partial charge in [0.05, 0.1) is 13.7 Å². The van der Waals surface area contributed by atoms with Crippen LogP contribution in [0.4, 0.5) is 0 Å². The van der Waals surface area contributed by atoms with Gasteiger partial charge in [0.1, 0.15) is 23.3 Å². The van der Waals surface area contributed by atoms with Crippen molar-refractivity contribution in [2.75, 3.05) is 20.3 Å². The molecule has 0 fully saturated rings. The monoisotopic (exact) mass is 426 g/mol. The summed E-state index contributed by atoms with van der Waals surface area (Å²) in [7, 11) is 1.52. The Hall–Kier alpha value is -2.95.